The van der Waals surface area contributed by atoms with E-state index in [4.69, 9.17) is 10.5 Å². The average molecular weight is 250 g/mol. The van der Waals surface area contributed by atoms with Crippen LogP contribution in [-0.4, -0.2) is 19.1 Å². The lowest BCUT2D eigenvalue weighted by atomic mass is 10.1. The van der Waals surface area contributed by atoms with E-state index in [0.717, 1.165) is 12.1 Å². The number of carbonyl (C=O) groups is 1. The molecule has 1 aromatic carbocycles. The molecule has 4 nitrogen and oxygen atoms in total. The van der Waals surface area contributed by atoms with Crippen LogP contribution in [0.2, 0.25) is 0 Å². The second kappa shape index (κ2) is 7.71. The molecule has 0 heterocycles. The van der Waals surface area contributed by atoms with Gasteiger partial charge >= 0.3 is 0 Å². The van der Waals surface area contributed by atoms with Gasteiger partial charge < -0.3 is 15.8 Å². The van der Waals surface area contributed by atoms with Crippen LogP contribution >= 0.6 is 0 Å². The summed E-state index contributed by atoms with van der Waals surface area (Å²) >= 11 is 0. The number of nitrogens with two attached hydrogens (primary N) is 1. The molecule has 0 saturated carbocycles. The molecule has 4 heteroatoms. The first-order valence-corrected chi connectivity index (χ1v) is 6.39. The predicted molar refractivity (Wildman–Crippen MR) is 73.7 cm³/mol. The smallest absolute Gasteiger partial charge is 0.224 e. The van der Waals surface area contributed by atoms with Crippen molar-refractivity contribution in [1.82, 2.24) is 0 Å². The number of para-hydroxylation sites is 2. The van der Waals surface area contributed by atoms with Crippen molar-refractivity contribution in [2.45, 2.75) is 26.7 Å². The molecule has 1 rings (SSSR count). The summed E-state index contributed by atoms with van der Waals surface area (Å²) < 4.78 is 5.45. The monoisotopic (exact) mass is 250 g/mol. The quantitative estimate of drug-likeness (QED) is 0.781. The third-order valence-corrected chi connectivity index (χ3v) is 2.73. The Morgan fingerprint density at radius 2 is 2.17 bits per heavy atom. The summed E-state index contributed by atoms with van der Waals surface area (Å²) in [6.45, 7) is 5.16. The van der Waals surface area contributed by atoms with Gasteiger partial charge in [0, 0.05) is 6.42 Å². The van der Waals surface area contributed by atoms with Gasteiger partial charge in [0.1, 0.15) is 5.75 Å². The number of carbonyl (C=O) groups excluding carboxylic acids is 1. The minimum absolute atomic E-state index is 0.00227. The van der Waals surface area contributed by atoms with Crippen LogP contribution in [0.25, 0.3) is 0 Å². The minimum Gasteiger partial charge on any atom is -0.492 e. The van der Waals surface area contributed by atoms with E-state index in [2.05, 4.69) is 5.32 Å². The SMILES string of the molecule is CCOc1ccccc1NC(=O)CCC(C)CN. The maximum absolute atomic E-state index is 11.8. The Kier molecular flexibility index (Phi) is 6.22. The second-order valence-electron chi connectivity index (χ2n) is 4.36. The van der Waals surface area contributed by atoms with Gasteiger partial charge in [0.2, 0.25) is 5.91 Å². The van der Waals surface area contributed by atoms with E-state index in [1.54, 1.807) is 0 Å². The van der Waals surface area contributed by atoms with Gasteiger partial charge in [-0.2, -0.15) is 0 Å². The number of hydrogen-bond acceptors (Lipinski definition) is 3. The van der Waals surface area contributed by atoms with Crippen LogP contribution in [0, 0.1) is 5.92 Å². The molecule has 0 aliphatic heterocycles. The zero-order valence-electron chi connectivity index (χ0n) is 11.1. The Morgan fingerprint density at radius 3 is 2.83 bits per heavy atom. The molecular weight excluding hydrogens is 228 g/mol. The van der Waals surface area contributed by atoms with Gasteiger partial charge in [0.15, 0.2) is 0 Å². The largest absolute Gasteiger partial charge is 0.492 e. The summed E-state index contributed by atoms with van der Waals surface area (Å²) in [5.74, 6) is 1.08. The molecule has 0 aromatic heterocycles. The number of rotatable bonds is 7. The highest BCUT2D eigenvalue weighted by atomic mass is 16.5. The molecule has 1 aromatic rings. The number of ether oxygens (including phenoxy) is 1. The average Bonchev–Trinajstić information content (AvgIpc) is 2.38. The molecule has 0 radical (unpaired) electrons. The summed E-state index contributed by atoms with van der Waals surface area (Å²) in [5, 5.41) is 2.87. The van der Waals surface area contributed by atoms with Gasteiger partial charge in [-0.1, -0.05) is 19.1 Å². The Morgan fingerprint density at radius 1 is 1.44 bits per heavy atom. The summed E-state index contributed by atoms with van der Waals surface area (Å²) in [6, 6.07) is 7.45. The summed E-state index contributed by atoms with van der Waals surface area (Å²) in [7, 11) is 0. The van der Waals surface area contributed by atoms with E-state index in [1.165, 1.54) is 0 Å². The third-order valence-electron chi connectivity index (χ3n) is 2.73. The molecule has 1 unspecified atom stereocenters. The van der Waals surface area contributed by atoms with Crippen molar-refractivity contribution >= 4 is 11.6 Å². The fourth-order valence-corrected chi connectivity index (χ4v) is 1.56. The maximum Gasteiger partial charge on any atom is 0.224 e. The maximum atomic E-state index is 11.8. The summed E-state index contributed by atoms with van der Waals surface area (Å²) in [5.41, 5.74) is 6.25. The molecule has 3 N–H and O–H groups in total. The van der Waals surface area contributed by atoms with Crippen LogP contribution in [0.4, 0.5) is 5.69 Å². The Hall–Kier alpha value is -1.55. The lowest BCUT2D eigenvalue weighted by Crippen LogP contribution is -2.16. The van der Waals surface area contributed by atoms with Crippen LogP contribution in [0.3, 0.4) is 0 Å². The van der Waals surface area contributed by atoms with Crippen LogP contribution in [-0.2, 0) is 4.79 Å². The van der Waals surface area contributed by atoms with E-state index >= 15 is 0 Å². The van der Waals surface area contributed by atoms with Crippen LogP contribution in [0.5, 0.6) is 5.75 Å². The van der Waals surface area contributed by atoms with Gasteiger partial charge in [-0.05, 0) is 37.9 Å². The van der Waals surface area contributed by atoms with Gasteiger partial charge in [0.25, 0.3) is 0 Å². The highest BCUT2D eigenvalue weighted by Gasteiger charge is 2.08. The van der Waals surface area contributed by atoms with E-state index in [9.17, 15) is 4.79 Å². The molecule has 0 aliphatic rings. The first-order chi connectivity index (χ1) is 8.67. The van der Waals surface area contributed by atoms with E-state index in [-0.39, 0.29) is 5.91 Å². The molecule has 0 aliphatic carbocycles. The van der Waals surface area contributed by atoms with Crippen molar-refractivity contribution in [3.8, 4) is 5.75 Å². The standard InChI is InChI=1S/C14H22N2O2/c1-3-18-13-7-5-4-6-12(13)16-14(17)9-8-11(2)10-15/h4-7,11H,3,8-10,15H2,1-2H3,(H,16,17). The van der Waals surface area contributed by atoms with Gasteiger partial charge in [0.05, 0.1) is 12.3 Å². The van der Waals surface area contributed by atoms with E-state index < -0.39 is 0 Å². The Bertz CT molecular complexity index is 380. The fraction of sp³-hybridized carbons (Fsp3) is 0.500. The molecule has 100 valence electrons. The molecule has 1 amide bonds. The molecule has 1 atom stereocenters. The normalized spacial score (nSPS) is 11.9. The van der Waals surface area contributed by atoms with Crippen molar-refractivity contribution in [2.75, 3.05) is 18.5 Å². The van der Waals surface area contributed by atoms with Crippen molar-refractivity contribution in [1.29, 1.82) is 0 Å². The third kappa shape index (κ3) is 4.75. The summed E-state index contributed by atoms with van der Waals surface area (Å²) in [4.78, 5) is 11.8. The first kappa shape index (κ1) is 14.5. The lowest BCUT2D eigenvalue weighted by Gasteiger charge is -2.12. The van der Waals surface area contributed by atoms with Gasteiger partial charge in [-0.25, -0.2) is 0 Å². The van der Waals surface area contributed by atoms with E-state index in [0.29, 0.717) is 31.2 Å². The Labute approximate surface area is 109 Å². The zero-order valence-corrected chi connectivity index (χ0v) is 11.1. The topological polar surface area (TPSA) is 64.3 Å². The number of anilines is 1. The van der Waals surface area contributed by atoms with Crippen molar-refractivity contribution in [3.05, 3.63) is 24.3 Å². The van der Waals surface area contributed by atoms with Crippen LogP contribution in [0.15, 0.2) is 24.3 Å². The second-order valence-corrected chi connectivity index (χ2v) is 4.36. The fourth-order valence-electron chi connectivity index (χ4n) is 1.56. The Balaban J connectivity index is 2.53. The molecule has 0 bridgehead atoms. The van der Waals surface area contributed by atoms with Crippen molar-refractivity contribution < 1.29 is 9.53 Å². The molecule has 0 saturated heterocycles. The molecule has 18 heavy (non-hydrogen) atoms. The number of hydrogen-bond donors (Lipinski definition) is 2. The van der Waals surface area contributed by atoms with Gasteiger partial charge in [-0.15, -0.1) is 0 Å². The van der Waals surface area contributed by atoms with Crippen molar-refractivity contribution in [2.24, 2.45) is 11.7 Å². The number of benzene rings is 1. The summed E-state index contributed by atoms with van der Waals surface area (Å²) in [6.07, 6.45) is 1.29. The van der Waals surface area contributed by atoms with Crippen LogP contribution in [0.1, 0.15) is 26.7 Å². The van der Waals surface area contributed by atoms with Crippen LogP contribution < -0.4 is 15.8 Å². The molecular formula is C14H22N2O2. The minimum atomic E-state index is 0.00227. The zero-order chi connectivity index (χ0) is 13.4. The number of amides is 1. The molecule has 0 fully saturated rings. The van der Waals surface area contributed by atoms with E-state index in [1.807, 2.05) is 38.1 Å². The van der Waals surface area contributed by atoms with Crippen molar-refractivity contribution in [3.63, 3.8) is 0 Å². The highest BCUT2D eigenvalue weighted by molar-refractivity contribution is 5.92. The first-order valence-electron chi connectivity index (χ1n) is 6.39. The predicted octanol–water partition coefficient (Wildman–Crippen LogP) is 2.40. The molecule has 0 spiro atoms. The van der Waals surface area contributed by atoms with Gasteiger partial charge in [-0.3, -0.25) is 4.79 Å². The lowest BCUT2D eigenvalue weighted by molar-refractivity contribution is -0.116. The highest BCUT2D eigenvalue weighted by Crippen LogP contribution is 2.23. The number of nitrogens with one attached hydrogen (secondary N) is 1.